The lowest BCUT2D eigenvalue weighted by atomic mass is 10.0. The molecule has 2 aromatic carbocycles. The molecule has 1 aliphatic rings. The molecule has 3 aromatic rings. The van der Waals surface area contributed by atoms with Crippen LogP contribution in [0.4, 0.5) is 0 Å². The lowest BCUT2D eigenvalue weighted by Crippen LogP contribution is -2.47. The Labute approximate surface area is 173 Å². The predicted octanol–water partition coefficient (Wildman–Crippen LogP) is 2.49. The van der Waals surface area contributed by atoms with Gasteiger partial charge in [-0.3, -0.25) is 14.5 Å². The number of para-hydroxylation sites is 1. The van der Waals surface area contributed by atoms with E-state index in [4.69, 9.17) is 4.74 Å². The summed E-state index contributed by atoms with van der Waals surface area (Å²) in [5.41, 5.74) is 3.52. The van der Waals surface area contributed by atoms with Gasteiger partial charge in [-0.15, -0.1) is 0 Å². The van der Waals surface area contributed by atoms with E-state index in [1.54, 1.807) is 18.2 Å². The number of amides is 2. The highest BCUT2D eigenvalue weighted by atomic mass is 16.5. The van der Waals surface area contributed by atoms with Crippen LogP contribution in [0.15, 0.2) is 61.3 Å². The Morgan fingerprint density at radius 2 is 1.83 bits per heavy atom. The van der Waals surface area contributed by atoms with E-state index >= 15 is 0 Å². The first-order valence-corrected chi connectivity index (χ1v) is 9.52. The van der Waals surface area contributed by atoms with E-state index in [0.717, 1.165) is 16.5 Å². The minimum Gasteiger partial charge on any atom is -0.467 e. The Balaban J connectivity index is 1.49. The van der Waals surface area contributed by atoms with Crippen LogP contribution in [0.2, 0.25) is 0 Å². The van der Waals surface area contributed by atoms with Gasteiger partial charge in [0.05, 0.1) is 7.11 Å². The van der Waals surface area contributed by atoms with Gasteiger partial charge >= 0.3 is 5.97 Å². The van der Waals surface area contributed by atoms with Crippen molar-refractivity contribution in [2.45, 2.75) is 12.5 Å². The minimum atomic E-state index is -0.880. The molecule has 1 aromatic heterocycles. The maximum Gasteiger partial charge on any atom is 0.328 e. The van der Waals surface area contributed by atoms with Crippen molar-refractivity contribution in [3.05, 3.63) is 78.0 Å². The van der Waals surface area contributed by atoms with Crippen molar-refractivity contribution >= 4 is 34.4 Å². The van der Waals surface area contributed by atoms with Crippen LogP contribution in [0.25, 0.3) is 16.6 Å². The van der Waals surface area contributed by atoms with Crippen molar-refractivity contribution in [2.24, 2.45) is 0 Å². The zero-order valence-corrected chi connectivity index (χ0v) is 16.5. The number of benzene rings is 2. The highest BCUT2D eigenvalue weighted by Crippen LogP contribution is 2.30. The van der Waals surface area contributed by atoms with Crippen molar-refractivity contribution in [3.63, 3.8) is 0 Å². The summed E-state index contributed by atoms with van der Waals surface area (Å²) in [5, 5.41) is 3.67. The number of nitrogens with one attached hydrogen (secondary N) is 2. The average Bonchev–Trinajstić information content (AvgIpc) is 3.27. The van der Waals surface area contributed by atoms with E-state index in [1.807, 2.05) is 36.5 Å². The lowest BCUT2D eigenvalue weighted by Gasteiger charge is -2.20. The van der Waals surface area contributed by atoms with Gasteiger partial charge in [-0.2, -0.15) is 0 Å². The average molecular weight is 403 g/mol. The highest BCUT2D eigenvalue weighted by molar-refractivity contribution is 6.10. The zero-order chi connectivity index (χ0) is 21.3. The van der Waals surface area contributed by atoms with Crippen LogP contribution >= 0.6 is 0 Å². The van der Waals surface area contributed by atoms with Crippen LogP contribution in [0.3, 0.4) is 0 Å². The standard InChI is InChI=1S/C23H21N3O4/c1-14-16-7-3-4-9-18(16)22(28)26(14)13-21(27)25-20(23(29)30-2)11-15-12-24-19-10-6-5-8-17(15)19/h3-10,12,20,24H,1,11,13H2,2H3,(H,25,27)/t20-/m1/s1. The number of H-pyrrole nitrogens is 1. The quantitative estimate of drug-likeness (QED) is 0.619. The molecule has 0 unspecified atom stereocenters. The molecule has 7 heteroatoms. The smallest absolute Gasteiger partial charge is 0.328 e. The summed E-state index contributed by atoms with van der Waals surface area (Å²) in [7, 11) is 1.28. The third-order valence-electron chi connectivity index (χ3n) is 5.26. The van der Waals surface area contributed by atoms with Gasteiger partial charge in [-0.1, -0.05) is 43.0 Å². The molecule has 0 fully saturated rings. The molecule has 30 heavy (non-hydrogen) atoms. The molecule has 1 atom stereocenters. The fourth-order valence-electron chi connectivity index (χ4n) is 3.74. The topological polar surface area (TPSA) is 91.5 Å². The van der Waals surface area contributed by atoms with Gasteiger partial charge in [0.15, 0.2) is 0 Å². The molecule has 1 aliphatic heterocycles. The fraction of sp³-hybridized carbons (Fsp3) is 0.174. The molecule has 0 spiro atoms. The van der Waals surface area contributed by atoms with Crippen molar-refractivity contribution < 1.29 is 19.1 Å². The third-order valence-corrected chi connectivity index (χ3v) is 5.26. The number of nitrogens with zero attached hydrogens (tertiary/aromatic N) is 1. The number of esters is 1. The molecule has 7 nitrogen and oxygen atoms in total. The van der Waals surface area contributed by atoms with Crippen LogP contribution < -0.4 is 5.32 Å². The van der Waals surface area contributed by atoms with Gasteiger partial charge < -0.3 is 15.0 Å². The Morgan fingerprint density at radius 1 is 1.13 bits per heavy atom. The van der Waals surface area contributed by atoms with Crippen molar-refractivity contribution in [1.82, 2.24) is 15.2 Å². The monoisotopic (exact) mass is 403 g/mol. The molecule has 0 radical (unpaired) electrons. The Morgan fingerprint density at radius 3 is 2.57 bits per heavy atom. The highest BCUT2D eigenvalue weighted by Gasteiger charge is 2.33. The number of hydrogen-bond donors (Lipinski definition) is 2. The van der Waals surface area contributed by atoms with Crippen molar-refractivity contribution in [1.29, 1.82) is 0 Å². The van der Waals surface area contributed by atoms with E-state index in [0.29, 0.717) is 16.8 Å². The fourth-order valence-corrected chi connectivity index (χ4v) is 3.74. The first-order valence-electron chi connectivity index (χ1n) is 9.52. The lowest BCUT2D eigenvalue weighted by molar-refractivity contribution is -0.145. The van der Waals surface area contributed by atoms with Crippen LogP contribution in [0.5, 0.6) is 0 Å². The van der Waals surface area contributed by atoms with Crippen LogP contribution in [-0.4, -0.2) is 47.4 Å². The number of fused-ring (bicyclic) bond motifs is 2. The second kappa shape index (κ2) is 7.87. The summed E-state index contributed by atoms with van der Waals surface area (Å²) >= 11 is 0. The van der Waals surface area contributed by atoms with Gasteiger partial charge in [-0.25, -0.2) is 4.79 Å². The second-order valence-corrected chi connectivity index (χ2v) is 7.09. The summed E-state index contributed by atoms with van der Waals surface area (Å²) in [4.78, 5) is 42.1. The Kier molecular flexibility index (Phi) is 5.10. The summed E-state index contributed by atoms with van der Waals surface area (Å²) < 4.78 is 4.88. The molecule has 0 aliphatic carbocycles. The second-order valence-electron chi connectivity index (χ2n) is 7.09. The normalized spacial score (nSPS) is 14.0. The van der Waals surface area contributed by atoms with Crippen molar-refractivity contribution in [3.8, 4) is 0 Å². The summed E-state index contributed by atoms with van der Waals surface area (Å²) in [6.07, 6.45) is 2.08. The maximum atomic E-state index is 12.7. The molecule has 0 saturated carbocycles. The largest absolute Gasteiger partial charge is 0.467 e. The molecule has 2 amide bonds. The number of ether oxygens (including phenoxy) is 1. The molecule has 2 N–H and O–H groups in total. The van der Waals surface area contributed by atoms with E-state index in [2.05, 4.69) is 16.9 Å². The molecular weight excluding hydrogens is 382 g/mol. The van der Waals surface area contributed by atoms with E-state index in [1.165, 1.54) is 12.0 Å². The predicted molar refractivity (Wildman–Crippen MR) is 112 cm³/mol. The van der Waals surface area contributed by atoms with E-state index in [-0.39, 0.29) is 18.9 Å². The maximum absolute atomic E-state index is 12.7. The minimum absolute atomic E-state index is 0.228. The van der Waals surface area contributed by atoms with Crippen LogP contribution in [-0.2, 0) is 20.7 Å². The molecule has 152 valence electrons. The molecule has 0 saturated heterocycles. The Bertz CT molecular complexity index is 1130. The number of methoxy groups -OCH3 is 1. The van der Waals surface area contributed by atoms with E-state index in [9.17, 15) is 14.4 Å². The Hall–Kier alpha value is -3.87. The SMILES string of the molecule is C=C1c2ccccc2C(=O)N1CC(=O)N[C@H](Cc1c[nH]c2ccccc12)C(=O)OC. The number of aromatic amines is 1. The van der Waals surface area contributed by atoms with E-state index < -0.39 is 17.9 Å². The number of carbonyl (C=O) groups excluding carboxylic acids is 3. The van der Waals surface area contributed by atoms with Gasteiger partial charge in [0.25, 0.3) is 5.91 Å². The first kappa shape index (κ1) is 19.4. The van der Waals surface area contributed by atoms with Gasteiger partial charge in [0.1, 0.15) is 12.6 Å². The molecule has 0 bridgehead atoms. The first-order chi connectivity index (χ1) is 14.5. The number of hydrogen-bond acceptors (Lipinski definition) is 4. The molecule has 2 heterocycles. The third kappa shape index (κ3) is 3.45. The number of carbonyl (C=O) groups is 3. The van der Waals surface area contributed by atoms with Gasteiger partial charge in [0, 0.05) is 40.3 Å². The number of aromatic nitrogens is 1. The summed E-state index contributed by atoms with van der Waals surface area (Å²) in [6.45, 7) is 3.71. The van der Waals surface area contributed by atoms with Gasteiger partial charge in [-0.05, 0) is 17.7 Å². The van der Waals surface area contributed by atoms with Crippen molar-refractivity contribution in [2.75, 3.05) is 13.7 Å². The van der Waals surface area contributed by atoms with Crippen LogP contribution in [0.1, 0.15) is 21.5 Å². The summed E-state index contributed by atoms with van der Waals surface area (Å²) in [5.74, 6) is -1.30. The number of rotatable bonds is 6. The summed E-state index contributed by atoms with van der Waals surface area (Å²) in [6, 6.07) is 13.9. The molecular formula is C23H21N3O4. The van der Waals surface area contributed by atoms with Gasteiger partial charge in [0.2, 0.25) is 5.91 Å². The van der Waals surface area contributed by atoms with Crippen LogP contribution in [0, 0.1) is 0 Å². The molecule has 4 rings (SSSR count). The zero-order valence-electron chi connectivity index (χ0n) is 16.5.